The zero-order valence-corrected chi connectivity index (χ0v) is 12.7. The molecule has 5 nitrogen and oxygen atoms in total. The topological polar surface area (TPSA) is 63.0 Å². The average molecular weight is 306 g/mol. The van der Waals surface area contributed by atoms with Gasteiger partial charge in [-0.05, 0) is 12.1 Å². The Morgan fingerprint density at radius 2 is 1.78 bits per heavy atom. The van der Waals surface area contributed by atoms with Crippen molar-refractivity contribution in [3.63, 3.8) is 0 Å². The van der Waals surface area contributed by atoms with Crippen molar-refractivity contribution >= 4 is 11.6 Å². The molecule has 0 aliphatic carbocycles. The van der Waals surface area contributed by atoms with Crippen LogP contribution in [-0.2, 0) is 6.54 Å². The second-order valence-electron chi connectivity index (χ2n) is 4.93. The van der Waals surface area contributed by atoms with Crippen LogP contribution in [-0.4, -0.2) is 16.5 Å². The van der Waals surface area contributed by atoms with Gasteiger partial charge in [0.2, 0.25) is 0 Å². The van der Waals surface area contributed by atoms with E-state index in [1.807, 2.05) is 48.5 Å². The van der Waals surface area contributed by atoms with Gasteiger partial charge in [-0.1, -0.05) is 36.4 Å². The lowest BCUT2D eigenvalue weighted by atomic mass is 10.2. The van der Waals surface area contributed by atoms with Crippen LogP contribution in [0, 0.1) is 0 Å². The highest BCUT2D eigenvalue weighted by Crippen LogP contribution is 2.20. The van der Waals surface area contributed by atoms with Crippen LogP contribution in [0.3, 0.4) is 0 Å². The van der Waals surface area contributed by atoms with Crippen LogP contribution in [0.1, 0.15) is 5.76 Å². The minimum absolute atomic E-state index is 0.569. The quantitative estimate of drug-likeness (QED) is 0.647. The summed E-state index contributed by atoms with van der Waals surface area (Å²) in [6, 6.07) is 15.5. The Kier molecular flexibility index (Phi) is 4.69. The Labute approximate surface area is 135 Å². The normalized spacial score (nSPS) is 10.3. The highest BCUT2D eigenvalue weighted by atomic mass is 16.3. The third-order valence-corrected chi connectivity index (χ3v) is 3.21. The second kappa shape index (κ2) is 7.26. The van der Waals surface area contributed by atoms with Gasteiger partial charge in [0.1, 0.15) is 17.4 Å². The van der Waals surface area contributed by atoms with E-state index >= 15 is 0 Å². The van der Waals surface area contributed by atoms with Gasteiger partial charge in [0.05, 0.1) is 12.8 Å². The molecule has 23 heavy (non-hydrogen) atoms. The molecule has 0 aliphatic heterocycles. The standard InChI is InChI=1S/C18H18N4O/c1-2-10-19-16-12-17(20-13-15-9-6-11-23-15)22-18(21-16)14-7-4-3-5-8-14/h2-9,11-12H,1,10,13H2,(H2,19,20,21,22). The van der Waals surface area contributed by atoms with E-state index in [1.54, 1.807) is 12.3 Å². The monoisotopic (exact) mass is 306 g/mol. The van der Waals surface area contributed by atoms with E-state index < -0.39 is 0 Å². The fraction of sp³-hybridized carbons (Fsp3) is 0.111. The Balaban J connectivity index is 1.86. The van der Waals surface area contributed by atoms with Crippen molar-refractivity contribution in [2.24, 2.45) is 0 Å². The van der Waals surface area contributed by atoms with E-state index in [0.29, 0.717) is 18.9 Å². The molecular formula is C18H18N4O. The largest absolute Gasteiger partial charge is 0.467 e. The van der Waals surface area contributed by atoms with Crippen LogP contribution in [0.5, 0.6) is 0 Å². The zero-order valence-electron chi connectivity index (χ0n) is 12.7. The SMILES string of the molecule is C=CCNc1cc(NCc2ccco2)nc(-c2ccccc2)n1. The molecule has 0 aliphatic rings. The number of anilines is 2. The lowest BCUT2D eigenvalue weighted by Crippen LogP contribution is -2.06. The summed E-state index contributed by atoms with van der Waals surface area (Å²) in [5.74, 6) is 3.01. The van der Waals surface area contributed by atoms with Gasteiger partial charge in [0.25, 0.3) is 0 Å². The molecule has 2 N–H and O–H groups in total. The molecule has 0 unspecified atom stereocenters. The van der Waals surface area contributed by atoms with Crippen molar-refractivity contribution in [2.45, 2.75) is 6.54 Å². The van der Waals surface area contributed by atoms with Crippen molar-refractivity contribution in [1.29, 1.82) is 0 Å². The molecule has 3 aromatic rings. The molecule has 0 saturated carbocycles. The van der Waals surface area contributed by atoms with Gasteiger partial charge in [-0.15, -0.1) is 6.58 Å². The van der Waals surface area contributed by atoms with E-state index in [4.69, 9.17) is 4.42 Å². The third-order valence-electron chi connectivity index (χ3n) is 3.21. The zero-order chi connectivity index (χ0) is 15.9. The molecule has 0 radical (unpaired) electrons. The molecule has 0 amide bonds. The number of hydrogen-bond donors (Lipinski definition) is 2. The third kappa shape index (κ3) is 3.97. The summed E-state index contributed by atoms with van der Waals surface area (Å²) in [5, 5.41) is 6.47. The summed E-state index contributed by atoms with van der Waals surface area (Å²) in [6.07, 6.45) is 3.45. The lowest BCUT2D eigenvalue weighted by Gasteiger charge is -2.10. The van der Waals surface area contributed by atoms with Gasteiger partial charge < -0.3 is 15.1 Å². The minimum atomic E-state index is 0.569. The first kappa shape index (κ1) is 14.8. The van der Waals surface area contributed by atoms with Crippen LogP contribution >= 0.6 is 0 Å². The maximum atomic E-state index is 5.33. The van der Waals surface area contributed by atoms with Crippen molar-refractivity contribution in [1.82, 2.24) is 9.97 Å². The first-order valence-corrected chi connectivity index (χ1v) is 7.40. The Morgan fingerprint density at radius 1 is 1.00 bits per heavy atom. The number of hydrogen-bond acceptors (Lipinski definition) is 5. The van der Waals surface area contributed by atoms with Crippen molar-refractivity contribution in [3.8, 4) is 11.4 Å². The predicted molar refractivity (Wildman–Crippen MR) is 92.2 cm³/mol. The number of nitrogens with one attached hydrogen (secondary N) is 2. The van der Waals surface area contributed by atoms with Crippen LogP contribution in [0.2, 0.25) is 0 Å². The fourth-order valence-corrected chi connectivity index (χ4v) is 2.11. The first-order chi connectivity index (χ1) is 11.3. The number of furan rings is 1. The number of rotatable bonds is 7. The summed E-state index contributed by atoms with van der Waals surface area (Å²) >= 11 is 0. The second-order valence-corrected chi connectivity index (χ2v) is 4.93. The van der Waals surface area contributed by atoms with Gasteiger partial charge in [-0.25, -0.2) is 9.97 Å². The van der Waals surface area contributed by atoms with Gasteiger partial charge in [-0.3, -0.25) is 0 Å². The number of aromatic nitrogens is 2. The van der Waals surface area contributed by atoms with Gasteiger partial charge in [-0.2, -0.15) is 0 Å². The summed E-state index contributed by atoms with van der Waals surface area (Å²) in [6.45, 7) is 4.93. The molecule has 0 spiro atoms. The number of benzene rings is 1. The van der Waals surface area contributed by atoms with Crippen LogP contribution < -0.4 is 10.6 Å². The molecule has 116 valence electrons. The highest BCUT2D eigenvalue weighted by molar-refractivity contribution is 5.61. The van der Waals surface area contributed by atoms with Gasteiger partial charge >= 0.3 is 0 Å². The molecule has 0 fully saturated rings. The molecule has 0 saturated heterocycles. The predicted octanol–water partition coefficient (Wildman–Crippen LogP) is 3.95. The molecule has 0 bridgehead atoms. The summed E-state index contributed by atoms with van der Waals surface area (Å²) in [4.78, 5) is 9.13. The maximum Gasteiger partial charge on any atom is 0.163 e. The minimum Gasteiger partial charge on any atom is -0.467 e. The maximum absolute atomic E-state index is 5.33. The summed E-state index contributed by atoms with van der Waals surface area (Å²) < 4.78 is 5.33. The van der Waals surface area contributed by atoms with E-state index in [-0.39, 0.29) is 0 Å². The molecule has 3 rings (SSSR count). The van der Waals surface area contributed by atoms with Crippen LogP contribution in [0.15, 0.2) is 71.9 Å². The van der Waals surface area contributed by atoms with Crippen LogP contribution in [0.4, 0.5) is 11.6 Å². The first-order valence-electron chi connectivity index (χ1n) is 7.40. The summed E-state index contributed by atoms with van der Waals surface area (Å²) in [5.41, 5.74) is 0.968. The van der Waals surface area contributed by atoms with E-state index in [0.717, 1.165) is 23.0 Å². The van der Waals surface area contributed by atoms with Crippen LogP contribution in [0.25, 0.3) is 11.4 Å². The van der Waals surface area contributed by atoms with Gasteiger partial charge in [0.15, 0.2) is 5.82 Å². The fourth-order valence-electron chi connectivity index (χ4n) is 2.11. The highest BCUT2D eigenvalue weighted by Gasteiger charge is 2.07. The molecular weight excluding hydrogens is 288 g/mol. The Bertz CT molecular complexity index is 754. The van der Waals surface area contributed by atoms with Crippen molar-refractivity contribution < 1.29 is 4.42 Å². The average Bonchev–Trinajstić information content (AvgIpc) is 3.12. The van der Waals surface area contributed by atoms with Crippen molar-refractivity contribution in [2.75, 3.05) is 17.2 Å². The Morgan fingerprint density at radius 3 is 2.48 bits per heavy atom. The van der Waals surface area contributed by atoms with E-state index in [9.17, 15) is 0 Å². The number of nitrogens with zero attached hydrogens (tertiary/aromatic N) is 2. The lowest BCUT2D eigenvalue weighted by molar-refractivity contribution is 0.518. The molecule has 5 heteroatoms. The molecule has 0 atom stereocenters. The molecule has 1 aromatic carbocycles. The molecule has 2 heterocycles. The smallest absolute Gasteiger partial charge is 0.163 e. The van der Waals surface area contributed by atoms with E-state index in [1.165, 1.54) is 0 Å². The van der Waals surface area contributed by atoms with Crippen molar-refractivity contribution in [3.05, 3.63) is 73.2 Å². The molecule has 2 aromatic heterocycles. The Hall–Kier alpha value is -3.08. The van der Waals surface area contributed by atoms with E-state index in [2.05, 4.69) is 27.2 Å². The summed E-state index contributed by atoms with van der Waals surface area (Å²) in [7, 11) is 0. The van der Waals surface area contributed by atoms with Gasteiger partial charge in [0, 0.05) is 18.2 Å².